The van der Waals surface area contributed by atoms with Gasteiger partial charge in [-0.3, -0.25) is 4.79 Å². The molecule has 0 heterocycles. The number of hydrogen-bond acceptors (Lipinski definition) is 1. The Kier molecular flexibility index (Phi) is 3.92. The lowest BCUT2D eigenvalue weighted by molar-refractivity contribution is -0.115. The summed E-state index contributed by atoms with van der Waals surface area (Å²) < 4.78 is 0. The Morgan fingerprint density at radius 1 is 0.909 bits per heavy atom. The van der Waals surface area contributed by atoms with E-state index < -0.39 is 0 Å². The molecule has 0 atom stereocenters. The number of nitrogens with one attached hydrogen (secondary N) is 1. The molecule has 0 bridgehead atoms. The fraction of sp³-hybridized carbons (Fsp3) is 0.150. The molecule has 1 N–H and O–H groups in total. The van der Waals surface area contributed by atoms with Crippen LogP contribution in [0.3, 0.4) is 0 Å². The van der Waals surface area contributed by atoms with Crippen LogP contribution in [-0.4, -0.2) is 5.91 Å². The molecular formula is C20H19NO. The maximum Gasteiger partial charge on any atom is 0.228 e. The standard InChI is InChI=1S/C20H19NO/c1-14-7-10-19(15(2)11-14)21-20(22)13-16-8-9-17-5-3-4-6-18(17)12-16/h3-12H,13H2,1-2H3,(H,21,22). The maximum atomic E-state index is 12.2. The van der Waals surface area contributed by atoms with E-state index in [9.17, 15) is 4.79 Å². The van der Waals surface area contributed by atoms with Crippen LogP contribution in [0.4, 0.5) is 5.69 Å². The minimum absolute atomic E-state index is 0.0160. The van der Waals surface area contributed by atoms with Crippen LogP contribution >= 0.6 is 0 Å². The summed E-state index contributed by atoms with van der Waals surface area (Å²) in [5.74, 6) is 0.0160. The predicted molar refractivity (Wildman–Crippen MR) is 92.2 cm³/mol. The zero-order valence-corrected chi connectivity index (χ0v) is 12.9. The molecule has 22 heavy (non-hydrogen) atoms. The van der Waals surface area contributed by atoms with E-state index in [1.807, 2.05) is 44.2 Å². The molecule has 0 aromatic heterocycles. The van der Waals surface area contributed by atoms with Crippen molar-refractivity contribution < 1.29 is 4.79 Å². The molecule has 0 spiro atoms. The van der Waals surface area contributed by atoms with Crippen LogP contribution < -0.4 is 5.32 Å². The number of hydrogen-bond donors (Lipinski definition) is 1. The first kappa shape index (κ1) is 14.3. The minimum Gasteiger partial charge on any atom is -0.326 e. The molecule has 2 nitrogen and oxygen atoms in total. The van der Waals surface area contributed by atoms with E-state index in [-0.39, 0.29) is 5.91 Å². The van der Waals surface area contributed by atoms with Crippen molar-refractivity contribution in [3.05, 3.63) is 77.4 Å². The van der Waals surface area contributed by atoms with E-state index in [4.69, 9.17) is 0 Å². The molecule has 0 saturated heterocycles. The van der Waals surface area contributed by atoms with Crippen LogP contribution in [0.5, 0.6) is 0 Å². The number of aryl methyl sites for hydroxylation is 2. The lowest BCUT2D eigenvalue weighted by Gasteiger charge is -2.09. The van der Waals surface area contributed by atoms with Crippen LogP contribution in [-0.2, 0) is 11.2 Å². The van der Waals surface area contributed by atoms with Gasteiger partial charge in [-0.1, -0.05) is 60.2 Å². The van der Waals surface area contributed by atoms with Gasteiger partial charge in [0.25, 0.3) is 0 Å². The molecule has 0 aliphatic heterocycles. The quantitative estimate of drug-likeness (QED) is 0.748. The lowest BCUT2D eigenvalue weighted by Crippen LogP contribution is -2.15. The van der Waals surface area contributed by atoms with Crippen LogP contribution in [0, 0.1) is 13.8 Å². The van der Waals surface area contributed by atoms with Crippen molar-refractivity contribution in [3.63, 3.8) is 0 Å². The fourth-order valence-corrected chi connectivity index (χ4v) is 2.68. The summed E-state index contributed by atoms with van der Waals surface area (Å²) in [6.45, 7) is 4.06. The van der Waals surface area contributed by atoms with Crippen LogP contribution in [0.1, 0.15) is 16.7 Å². The maximum absolute atomic E-state index is 12.2. The summed E-state index contributed by atoms with van der Waals surface area (Å²) in [5.41, 5.74) is 4.20. The summed E-state index contributed by atoms with van der Waals surface area (Å²) in [6.07, 6.45) is 0.387. The fourth-order valence-electron chi connectivity index (χ4n) is 2.68. The number of rotatable bonds is 3. The first-order chi connectivity index (χ1) is 10.6. The third-order valence-electron chi connectivity index (χ3n) is 3.83. The van der Waals surface area contributed by atoms with Gasteiger partial charge in [-0.2, -0.15) is 0 Å². The van der Waals surface area contributed by atoms with Gasteiger partial charge in [0.05, 0.1) is 6.42 Å². The summed E-state index contributed by atoms with van der Waals surface area (Å²) in [5, 5.41) is 5.36. The number of amides is 1. The largest absolute Gasteiger partial charge is 0.326 e. The predicted octanol–water partition coefficient (Wildman–Crippen LogP) is 4.64. The van der Waals surface area contributed by atoms with Gasteiger partial charge in [0, 0.05) is 5.69 Å². The average molecular weight is 289 g/mol. The molecule has 0 saturated carbocycles. The van der Waals surface area contributed by atoms with E-state index in [1.54, 1.807) is 0 Å². The SMILES string of the molecule is Cc1ccc(NC(=O)Cc2ccc3ccccc3c2)c(C)c1. The molecule has 1 amide bonds. The zero-order valence-electron chi connectivity index (χ0n) is 12.9. The van der Waals surface area contributed by atoms with Crippen molar-refractivity contribution >= 4 is 22.4 Å². The van der Waals surface area contributed by atoms with Gasteiger partial charge in [0.1, 0.15) is 0 Å². The highest BCUT2D eigenvalue weighted by Gasteiger charge is 2.07. The normalized spacial score (nSPS) is 10.6. The van der Waals surface area contributed by atoms with E-state index in [1.165, 1.54) is 16.3 Å². The summed E-state index contributed by atoms with van der Waals surface area (Å²) in [4.78, 5) is 12.2. The second-order valence-electron chi connectivity index (χ2n) is 5.72. The average Bonchev–Trinajstić information content (AvgIpc) is 2.50. The molecule has 3 rings (SSSR count). The van der Waals surface area contributed by atoms with Gasteiger partial charge < -0.3 is 5.32 Å². The second kappa shape index (κ2) is 6.02. The topological polar surface area (TPSA) is 29.1 Å². The van der Waals surface area contributed by atoms with Gasteiger partial charge in [-0.15, -0.1) is 0 Å². The van der Waals surface area contributed by atoms with Gasteiger partial charge in [0.2, 0.25) is 5.91 Å². The van der Waals surface area contributed by atoms with Crippen LogP contribution in [0.25, 0.3) is 10.8 Å². The number of benzene rings is 3. The molecule has 3 aromatic rings. The highest BCUT2D eigenvalue weighted by atomic mass is 16.1. The van der Waals surface area contributed by atoms with Crippen molar-refractivity contribution in [2.45, 2.75) is 20.3 Å². The van der Waals surface area contributed by atoms with Gasteiger partial charge >= 0.3 is 0 Å². The van der Waals surface area contributed by atoms with Crippen molar-refractivity contribution in [1.29, 1.82) is 0 Å². The van der Waals surface area contributed by atoms with Crippen LogP contribution in [0.15, 0.2) is 60.7 Å². The Morgan fingerprint density at radius 2 is 1.68 bits per heavy atom. The number of anilines is 1. The smallest absolute Gasteiger partial charge is 0.228 e. The monoisotopic (exact) mass is 289 g/mol. The summed E-state index contributed by atoms with van der Waals surface area (Å²) >= 11 is 0. The van der Waals surface area contributed by atoms with Crippen molar-refractivity contribution in [2.24, 2.45) is 0 Å². The Bertz CT molecular complexity index is 836. The Hall–Kier alpha value is -2.61. The Morgan fingerprint density at radius 3 is 2.45 bits per heavy atom. The third kappa shape index (κ3) is 3.17. The molecule has 0 fully saturated rings. The number of fused-ring (bicyclic) bond motifs is 1. The Labute approximate surface area is 130 Å². The molecule has 2 heteroatoms. The van der Waals surface area contributed by atoms with Gasteiger partial charge in [-0.25, -0.2) is 0 Å². The molecule has 3 aromatic carbocycles. The Balaban J connectivity index is 1.75. The first-order valence-corrected chi connectivity index (χ1v) is 7.46. The second-order valence-corrected chi connectivity index (χ2v) is 5.72. The minimum atomic E-state index is 0.0160. The van der Waals surface area contributed by atoms with Crippen molar-refractivity contribution in [3.8, 4) is 0 Å². The van der Waals surface area contributed by atoms with E-state index in [0.29, 0.717) is 6.42 Å². The van der Waals surface area contributed by atoms with Crippen LogP contribution in [0.2, 0.25) is 0 Å². The molecule has 0 aliphatic carbocycles. The molecule has 0 aliphatic rings. The van der Waals surface area contributed by atoms with Gasteiger partial charge in [-0.05, 0) is 41.8 Å². The molecule has 110 valence electrons. The highest BCUT2D eigenvalue weighted by Crippen LogP contribution is 2.18. The molecule has 0 unspecified atom stereocenters. The highest BCUT2D eigenvalue weighted by molar-refractivity contribution is 5.94. The van der Waals surface area contributed by atoms with E-state index >= 15 is 0 Å². The molecular weight excluding hydrogens is 270 g/mol. The number of carbonyl (C=O) groups is 1. The number of carbonyl (C=O) groups excluding carboxylic acids is 1. The molecule has 0 radical (unpaired) electrons. The zero-order chi connectivity index (χ0) is 15.5. The first-order valence-electron chi connectivity index (χ1n) is 7.46. The summed E-state index contributed by atoms with van der Waals surface area (Å²) in [6, 6.07) is 20.4. The van der Waals surface area contributed by atoms with Gasteiger partial charge in [0.15, 0.2) is 0 Å². The lowest BCUT2D eigenvalue weighted by atomic mass is 10.0. The van der Waals surface area contributed by atoms with E-state index in [2.05, 4.69) is 35.6 Å². The third-order valence-corrected chi connectivity index (χ3v) is 3.83. The van der Waals surface area contributed by atoms with Crippen molar-refractivity contribution in [2.75, 3.05) is 5.32 Å². The summed E-state index contributed by atoms with van der Waals surface area (Å²) in [7, 11) is 0. The van der Waals surface area contributed by atoms with E-state index in [0.717, 1.165) is 16.8 Å². The van der Waals surface area contributed by atoms with Crippen molar-refractivity contribution in [1.82, 2.24) is 0 Å².